The molecule has 0 fully saturated rings. The molecule has 7 heteroatoms. The molecule has 0 aliphatic heterocycles. The highest BCUT2D eigenvalue weighted by Gasteiger charge is 2.16. The minimum Gasteiger partial charge on any atom is -0.337 e. The molecule has 1 rings (SSSR count). The van der Waals surface area contributed by atoms with Gasteiger partial charge < -0.3 is 11.1 Å². The second-order valence-electron chi connectivity index (χ2n) is 4.40. The van der Waals surface area contributed by atoms with E-state index in [2.05, 4.69) is 5.32 Å². The Labute approximate surface area is 119 Å². The molecule has 112 valence electrons. The number of urea groups is 1. The molecule has 0 aromatic heterocycles. The fourth-order valence-corrected chi connectivity index (χ4v) is 2.53. The van der Waals surface area contributed by atoms with Crippen LogP contribution in [0.3, 0.4) is 0 Å². The van der Waals surface area contributed by atoms with Gasteiger partial charge in [0.15, 0.2) is 0 Å². The highest BCUT2D eigenvalue weighted by Crippen LogP contribution is 2.10. The summed E-state index contributed by atoms with van der Waals surface area (Å²) in [6, 6.07) is 5.61. The fraction of sp³-hybridized carbons (Fsp3) is 0.462. The number of carbonyl (C=O) groups is 1. The number of hydrogen-bond acceptors (Lipinski definition) is 4. The monoisotopic (exact) mass is 299 g/mol. The topological polar surface area (TPSA) is 101 Å². The van der Waals surface area contributed by atoms with Gasteiger partial charge in [-0.1, -0.05) is 25.5 Å². The summed E-state index contributed by atoms with van der Waals surface area (Å²) in [6.45, 7) is 2.94. The summed E-state index contributed by atoms with van der Waals surface area (Å²) in [7, 11) is -3.82. The molecule has 1 aromatic rings. The smallest absolute Gasteiger partial charge is 0.328 e. The van der Waals surface area contributed by atoms with Gasteiger partial charge in [0.25, 0.3) is 10.0 Å². The number of nitrogens with one attached hydrogen (secondary N) is 2. The minimum atomic E-state index is -3.82. The van der Waals surface area contributed by atoms with Gasteiger partial charge in [-0.15, -0.1) is 0 Å². The molecule has 0 saturated heterocycles. The van der Waals surface area contributed by atoms with Crippen molar-refractivity contribution in [2.75, 3.05) is 13.1 Å². The van der Waals surface area contributed by atoms with Crippen molar-refractivity contribution in [2.24, 2.45) is 5.73 Å². The fourth-order valence-electron chi connectivity index (χ4n) is 1.60. The van der Waals surface area contributed by atoms with Crippen LogP contribution in [0, 0.1) is 0 Å². The van der Waals surface area contributed by atoms with E-state index in [0.29, 0.717) is 19.5 Å². The van der Waals surface area contributed by atoms with Crippen LogP contribution in [0.25, 0.3) is 0 Å². The van der Waals surface area contributed by atoms with Gasteiger partial charge in [-0.05, 0) is 37.1 Å². The van der Waals surface area contributed by atoms with Gasteiger partial charge >= 0.3 is 6.03 Å². The van der Waals surface area contributed by atoms with Crippen molar-refractivity contribution in [1.82, 2.24) is 10.0 Å². The standard InChI is InChI=1S/C13H21N3O3S/c1-2-3-10-15-13(17)16-20(18,19)12-6-4-11(5-7-12)8-9-14/h4-7H,2-3,8-10,14H2,1H3,(H2,15,16,17). The maximum Gasteiger partial charge on any atom is 0.328 e. The van der Waals surface area contributed by atoms with Crippen LogP contribution >= 0.6 is 0 Å². The normalized spacial score (nSPS) is 11.1. The first kappa shape index (κ1) is 16.5. The predicted molar refractivity (Wildman–Crippen MR) is 77.8 cm³/mol. The van der Waals surface area contributed by atoms with E-state index in [9.17, 15) is 13.2 Å². The number of nitrogens with two attached hydrogens (primary N) is 1. The van der Waals surface area contributed by atoms with E-state index in [4.69, 9.17) is 5.73 Å². The third-order valence-corrected chi connectivity index (χ3v) is 4.06. The lowest BCUT2D eigenvalue weighted by Gasteiger charge is -2.08. The van der Waals surface area contributed by atoms with Crippen molar-refractivity contribution in [3.05, 3.63) is 29.8 Å². The molecular formula is C13H21N3O3S. The van der Waals surface area contributed by atoms with Crippen LogP contribution in [0.4, 0.5) is 4.79 Å². The van der Waals surface area contributed by atoms with Crippen LogP contribution in [-0.2, 0) is 16.4 Å². The van der Waals surface area contributed by atoms with Crippen molar-refractivity contribution in [2.45, 2.75) is 31.1 Å². The molecule has 20 heavy (non-hydrogen) atoms. The summed E-state index contributed by atoms with van der Waals surface area (Å²) < 4.78 is 25.9. The first-order chi connectivity index (χ1) is 9.49. The lowest BCUT2D eigenvalue weighted by atomic mass is 10.2. The number of benzene rings is 1. The molecule has 0 atom stereocenters. The van der Waals surface area contributed by atoms with Crippen LogP contribution in [-0.4, -0.2) is 27.5 Å². The molecule has 0 heterocycles. The van der Waals surface area contributed by atoms with Gasteiger partial charge in [0, 0.05) is 6.54 Å². The van der Waals surface area contributed by atoms with Crippen molar-refractivity contribution in [1.29, 1.82) is 0 Å². The third-order valence-electron chi connectivity index (χ3n) is 2.71. The van der Waals surface area contributed by atoms with Crippen molar-refractivity contribution in [3.63, 3.8) is 0 Å². The lowest BCUT2D eigenvalue weighted by Crippen LogP contribution is -2.39. The highest BCUT2D eigenvalue weighted by molar-refractivity contribution is 7.90. The van der Waals surface area contributed by atoms with E-state index in [1.54, 1.807) is 12.1 Å². The summed E-state index contributed by atoms with van der Waals surface area (Å²) >= 11 is 0. The molecule has 0 radical (unpaired) electrons. The average molecular weight is 299 g/mol. The Morgan fingerprint density at radius 1 is 1.25 bits per heavy atom. The van der Waals surface area contributed by atoms with Gasteiger partial charge in [-0.2, -0.15) is 0 Å². The van der Waals surface area contributed by atoms with Crippen molar-refractivity contribution in [3.8, 4) is 0 Å². The van der Waals surface area contributed by atoms with Gasteiger partial charge in [0.1, 0.15) is 0 Å². The molecule has 2 amide bonds. The maximum absolute atomic E-state index is 11.9. The number of sulfonamides is 1. The Morgan fingerprint density at radius 2 is 1.90 bits per heavy atom. The Balaban J connectivity index is 2.66. The number of unbranched alkanes of at least 4 members (excludes halogenated alkanes) is 1. The molecule has 0 aliphatic carbocycles. The molecule has 6 nitrogen and oxygen atoms in total. The Kier molecular flexibility index (Phi) is 6.47. The van der Waals surface area contributed by atoms with Crippen LogP contribution in [0.1, 0.15) is 25.3 Å². The van der Waals surface area contributed by atoms with Crippen LogP contribution < -0.4 is 15.8 Å². The van der Waals surface area contributed by atoms with Crippen molar-refractivity contribution < 1.29 is 13.2 Å². The highest BCUT2D eigenvalue weighted by atomic mass is 32.2. The van der Waals surface area contributed by atoms with Gasteiger partial charge in [0.2, 0.25) is 0 Å². The molecule has 1 aromatic carbocycles. The molecule has 0 spiro atoms. The molecule has 0 saturated carbocycles. The summed E-state index contributed by atoms with van der Waals surface area (Å²) in [6.07, 6.45) is 2.42. The van der Waals surface area contributed by atoms with Gasteiger partial charge in [0.05, 0.1) is 4.90 Å². The average Bonchev–Trinajstić information content (AvgIpc) is 2.39. The number of carbonyl (C=O) groups excluding carboxylic acids is 1. The Morgan fingerprint density at radius 3 is 2.45 bits per heavy atom. The van der Waals surface area contributed by atoms with E-state index < -0.39 is 16.1 Å². The summed E-state index contributed by atoms with van der Waals surface area (Å²) in [4.78, 5) is 11.5. The van der Waals surface area contributed by atoms with Crippen molar-refractivity contribution >= 4 is 16.1 Å². The molecule has 0 aliphatic rings. The zero-order chi connectivity index (χ0) is 15.0. The quantitative estimate of drug-likeness (QED) is 0.653. The largest absolute Gasteiger partial charge is 0.337 e. The molecule has 4 N–H and O–H groups in total. The number of rotatable bonds is 7. The van der Waals surface area contributed by atoms with E-state index in [1.165, 1.54) is 12.1 Å². The van der Waals surface area contributed by atoms with E-state index in [-0.39, 0.29) is 4.90 Å². The number of hydrogen-bond donors (Lipinski definition) is 3. The van der Waals surface area contributed by atoms with E-state index in [1.807, 2.05) is 11.6 Å². The number of amides is 2. The maximum atomic E-state index is 11.9. The summed E-state index contributed by atoms with van der Waals surface area (Å²) in [5, 5.41) is 2.50. The van der Waals surface area contributed by atoms with Crippen LogP contribution in [0.2, 0.25) is 0 Å². The zero-order valence-electron chi connectivity index (χ0n) is 11.6. The SMILES string of the molecule is CCCCNC(=O)NS(=O)(=O)c1ccc(CCN)cc1. The first-order valence-electron chi connectivity index (χ1n) is 6.59. The lowest BCUT2D eigenvalue weighted by molar-refractivity contribution is 0.245. The van der Waals surface area contributed by atoms with Gasteiger partial charge in [-0.3, -0.25) is 0 Å². The molecule has 0 bridgehead atoms. The van der Waals surface area contributed by atoms with E-state index in [0.717, 1.165) is 18.4 Å². The minimum absolute atomic E-state index is 0.0592. The molecular weight excluding hydrogens is 278 g/mol. The summed E-state index contributed by atoms with van der Waals surface area (Å²) in [5.41, 5.74) is 6.38. The van der Waals surface area contributed by atoms with E-state index >= 15 is 0 Å². The van der Waals surface area contributed by atoms with Crippen LogP contribution in [0.15, 0.2) is 29.2 Å². The second-order valence-corrected chi connectivity index (χ2v) is 6.08. The van der Waals surface area contributed by atoms with Gasteiger partial charge in [-0.25, -0.2) is 17.9 Å². The Hall–Kier alpha value is -1.60. The first-order valence-corrected chi connectivity index (χ1v) is 8.07. The predicted octanol–water partition coefficient (Wildman–Crippen LogP) is 0.976. The van der Waals surface area contributed by atoms with Crippen LogP contribution in [0.5, 0.6) is 0 Å². The zero-order valence-corrected chi connectivity index (χ0v) is 12.4. The molecule has 0 unspecified atom stereocenters. The third kappa shape index (κ3) is 5.18. The summed E-state index contributed by atoms with van der Waals surface area (Å²) in [5.74, 6) is 0. The Bertz CT molecular complexity index is 526. The second kappa shape index (κ2) is 7.86.